The van der Waals surface area contributed by atoms with Gasteiger partial charge in [-0.25, -0.2) is 4.98 Å². The Morgan fingerprint density at radius 2 is 2.19 bits per heavy atom. The van der Waals surface area contributed by atoms with Crippen molar-refractivity contribution in [2.45, 2.75) is 51.7 Å². The van der Waals surface area contributed by atoms with Crippen molar-refractivity contribution in [3.63, 3.8) is 0 Å². The molecular weight excluding hydrogens is 260 g/mol. The molecule has 118 valence electrons. The Morgan fingerprint density at radius 3 is 2.81 bits per heavy atom. The van der Waals surface area contributed by atoms with E-state index in [-0.39, 0.29) is 5.54 Å². The molecule has 4 heteroatoms. The van der Waals surface area contributed by atoms with Crippen LogP contribution < -0.4 is 10.2 Å². The van der Waals surface area contributed by atoms with Crippen LogP contribution in [0.2, 0.25) is 0 Å². The third-order valence-corrected chi connectivity index (χ3v) is 4.18. The van der Waals surface area contributed by atoms with Crippen molar-refractivity contribution in [3.05, 3.63) is 23.9 Å². The Labute approximate surface area is 129 Å². The number of hydrogen-bond acceptors (Lipinski definition) is 4. The molecule has 1 unspecified atom stereocenters. The zero-order valence-corrected chi connectivity index (χ0v) is 14.2. The topological polar surface area (TPSA) is 31.4 Å². The molecule has 1 aromatic rings. The van der Waals surface area contributed by atoms with Gasteiger partial charge in [-0.2, -0.15) is 0 Å². The number of aromatic nitrogens is 1. The lowest BCUT2D eigenvalue weighted by molar-refractivity contribution is 0.314. The molecule has 0 amide bonds. The summed E-state index contributed by atoms with van der Waals surface area (Å²) in [5, 5.41) is 3.53. The van der Waals surface area contributed by atoms with Gasteiger partial charge in [0, 0.05) is 37.9 Å². The van der Waals surface area contributed by atoms with E-state index >= 15 is 0 Å². The average Bonchev–Trinajstić information content (AvgIpc) is 2.81. The second-order valence-electron chi connectivity index (χ2n) is 7.28. The van der Waals surface area contributed by atoms with Crippen molar-refractivity contribution in [1.82, 2.24) is 15.2 Å². The van der Waals surface area contributed by atoms with E-state index in [4.69, 9.17) is 0 Å². The Bertz CT molecular complexity index is 452. The van der Waals surface area contributed by atoms with Gasteiger partial charge in [-0.15, -0.1) is 0 Å². The summed E-state index contributed by atoms with van der Waals surface area (Å²) >= 11 is 0. The highest BCUT2D eigenvalue weighted by molar-refractivity contribution is 5.40. The van der Waals surface area contributed by atoms with E-state index in [9.17, 15) is 0 Å². The number of hydrogen-bond donors (Lipinski definition) is 1. The largest absolute Gasteiger partial charge is 0.358 e. The predicted octanol–water partition coefficient (Wildman–Crippen LogP) is 2.50. The number of likely N-dealkylation sites (tertiary alicyclic amines) is 1. The third kappa shape index (κ3) is 4.97. The highest BCUT2D eigenvalue weighted by atomic mass is 15.2. The average molecular weight is 290 g/mol. The van der Waals surface area contributed by atoms with E-state index in [2.05, 4.69) is 67.1 Å². The Hall–Kier alpha value is -1.13. The van der Waals surface area contributed by atoms with Gasteiger partial charge in [-0.1, -0.05) is 0 Å². The predicted molar refractivity (Wildman–Crippen MR) is 89.8 cm³/mol. The number of nitrogens with one attached hydrogen (secondary N) is 1. The van der Waals surface area contributed by atoms with Crippen LogP contribution in [0.3, 0.4) is 0 Å². The summed E-state index contributed by atoms with van der Waals surface area (Å²) in [4.78, 5) is 9.28. The summed E-state index contributed by atoms with van der Waals surface area (Å²) < 4.78 is 0. The van der Waals surface area contributed by atoms with Gasteiger partial charge in [0.25, 0.3) is 0 Å². The second-order valence-corrected chi connectivity index (χ2v) is 7.28. The summed E-state index contributed by atoms with van der Waals surface area (Å²) in [5.74, 6) is 1.07. The van der Waals surface area contributed by atoms with Gasteiger partial charge in [0.05, 0.1) is 0 Å². The van der Waals surface area contributed by atoms with Crippen LogP contribution in [0.5, 0.6) is 0 Å². The van der Waals surface area contributed by atoms with Crippen LogP contribution >= 0.6 is 0 Å². The smallest absolute Gasteiger partial charge is 0.128 e. The monoisotopic (exact) mass is 290 g/mol. The zero-order valence-electron chi connectivity index (χ0n) is 14.2. The molecule has 1 saturated heterocycles. The maximum atomic E-state index is 4.53. The zero-order chi connectivity index (χ0) is 15.5. The normalized spacial score (nSPS) is 20.0. The molecule has 1 N–H and O–H groups in total. The molecule has 0 aromatic carbocycles. The van der Waals surface area contributed by atoms with Crippen LogP contribution in [0.25, 0.3) is 0 Å². The van der Waals surface area contributed by atoms with Crippen LogP contribution in [-0.2, 0) is 6.54 Å². The molecule has 2 rings (SSSR count). The molecule has 1 fully saturated rings. The molecule has 0 aliphatic carbocycles. The van der Waals surface area contributed by atoms with Gasteiger partial charge in [0.15, 0.2) is 0 Å². The maximum absolute atomic E-state index is 4.53. The standard InChI is InChI=1S/C17H30N4/c1-17(2,3)19-12-14-8-9-18-16(11-14)21(5)13-15-7-6-10-20(15)4/h8-9,11,15,19H,6-7,10,12-13H2,1-5H3. The Kier molecular flexibility index (Phi) is 5.22. The van der Waals surface area contributed by atoms with Gasteiger partial charge in [-0.05, 0) is 64.9 Å². The van der Waals surface area contributed by atoms with E-state index in [1.165, 1.54) is 24.9 Å². The van der Waals surface area contributed by atoms with E-state index in [1.807, 2.05) is 6.20 Å². The molecule has 1 aliphatic heterocycles. The first-order valence-electron chi connectivity index (χ1n) is 7.96. The highest BCUT2D eigenvalue weighted by Gasteiger charge is 2.22. The van der Waals surface area contributed by atoms with Gasteiger partial charge < -0.3 is 15.1 Å². The fourth-order valence-electron chi connectivity index (χ4n) is 2.77. The first kappa shape index (κ1) is 16.2. The molecule has 0 spiro atoms. The molecule has 0 bridgehead atoms. The fourth-order valence-corrected chi connectivity index (χ4v) is 2.77. The molecular formula is C17H30N4. The van der Waals surface area contributed by atoms with E-state index in [1.54, 1.807) is 0 Å². The lowest BCUT2D eigenvalue weighted by Gasteiger charge is -2.27. The minimum absolute atomic E-state index is 0.141. The van der Waals surface area contributed by atoms with Gasteiger partial charge in [0.2, 0.25) is 0 Å². The van der Waals surface area contributed by atoms with Crippen molar-refractivity contribution < 1.29 is 0 Å². The van der Waals surface area contributed by atoms with Crippen molar-refractivity contribution >= 4 is 5.82 Å². The summed E-state index contributed by atoms with van der Waals surface area (Å²) in [5.41, 5.74) is 1.43. The van der Waals surface area contributed by atoms with Crippen LogP contribution in [0, 0.1) is 0 Å². The van der Waals surface area contributed by atoms with Crippen LogP contribution in [0.4, 0.5) is 5.82 Å². The second kappa shape index (κ2) is 6.75. The molecule has 2 heterocycles. The lowest BCUT2D eigenvalue weighted by Crippen LogP contribution is -2.37. The Morgan fingerprint density at radius 1 is 1.43 bits per heavy atom. The third-order valence-electron chi connectivity index (χ3n) is 4.18. The van der Waals surface area contributed by atoms with Crippen molar-refractivity contribution in [2.75, 3.05) is 32.1 Å². The molecule has 0 radical (unpaired) electrons. The van der Waals surface area contributed by atoms with Crippen molar-refractivity contribution in [2.24, 2.45) is 0 Å². The van der Waals surface area contributed by atoms with E-state index in [0.717, 1.165) is 18.9 Å². The Balaban J connectivity index is 1.96. The van der Waals surface area contributed by atoms with E-state index < -0.39 is 0 Å². The van der Waals surface area contributed by atoms with Gasteiger partial charge >= 0.3 is 0 Å². The number of likely N-dealkylation sites (N-methyl/N-ethyl adjacent to an activating group) is 2. The van der Waals surface area contributed by atoms with Crippen LogP contribution in [0.1, 0.15) is 39.2 Å². The fraction of sp³-hybridized carbons (Fsp3) is 0.706. The quantitative estimate of drug-likeness (QED) is 0.903. The summed E-state index contributed by atoms with van der Waals surface area (Å²) in [6.45, 7) is 9.74. The minimum Gasteiger partial charge on any atom is -0.358 e. The molecule has 1 aliphatic rings. The molecule has 1 aromatic heterocycles. The summed E-state index contributed by atoms with van der Waals surface area (Å²) in [6.07, 6.45) is 4.54. The van der Waals surface area contributed by atoms with Crippen LogP contribution in [0.15, 0.2) is 18.3 Å². The van der Waals surface area contributed by atoms with Crippen LogP contribution in [-0.4, -0.2) is 48.6 Å². The first-order chi connectivity index (χ1) is 9.85. The van der Waals surface area contributed by atoms with Gasteiger partial charge in [-0.3, -0.25) is 0 Å². The highest BCUT2D eigenvalue weighted by Crippen LogP contribution is 2.19. The molecule has 21 heavy (non-hydrogen) atoms. The first-order valence-corrected chi connectivity index (χ1v) is 7.96. The number of pyridine rings is 1. The minimum atomic E-state index is 0.141. The molecule has 1 atom stereocenters. The summed E-state index contributed by atoms with van der Waals surface area (Å²) in [6, 6.07) is 4.96. The molecule has 0 saturated carbocycles. The van der Waals surface area contributed by atoms with Crippen molar-refractivity contribution in [1.29, 1.82) is 0 Å². The number of rotatable bonds is 5. The van der Waals surface area contributed by atoms with Gasteiger partial charge in [0.1, 0.15) is 5.82 Å². The number of anilines is 1. The lowest BCUT2D eigenvalue weighted by atomic mass is 10.1. The molecule has 4 nitrogen and oxygen atoms in total. The van der Waals surface area contributed by atoms with E-state index in [0.29, 0.717) is 6.04 Å². The van der Waals surface area contributed by atoms with Crippen molar-refractivity contribution in [3.8, 4) is 0 Å². The number of nitrogens with zero attached hydrogens (tertiary/aromatic N) is 3. The SMILES string of the molecule is CN(CC1CCCN1C)c1cc(CNC(C)(C)C)ccn1. The summed E-state index contributed by atoms with van der Waals surface area (Å²) in [7, 11) is 4.37. The maximum Gasteiger partial charge on any atom is 0.128 e.